The number of fused-ring (bicyclic) bond motifs is 1. The van der Waals surface area contributed by atoms with Crippen molar-refractivity contribution in [2.75, 3.05) is 19.3 Å². The molecule has 0 amide bonds. The highest BCUT2D eigenvalue weighted by molar-refractivity contribution is 7.89. The van der Waals surface area contributed by atoms with Crippen molar-refractivity contribution in [2.45, 2.75) is 24.5 Å². The van der Waals surface area contributed by atoms with Gasteiger partial charge in [-0.15, -0.1) is 0 Å². The Labute approximate surface area is 203 Å². The lowest BCUT2D eigenvalue weighted by Crippen LogP contribution is -2.43. The SMILES string of the molecule is Cc1cc(COc2ccc(S(=O)(=O)N[C@@H]3CN(S(C)(=O)=O)C[C@@H]3C(=O)O)cc2)c2ccccc2n1. The molecule has 1 aliphatic rings. The Kier molecular flexibility index (Phi) is 6.82. The molecule has 1 saturated heterocycles. The van der Waals surface area contributed by atoms with Crippen LogP contribution in [0.5, 0.6) is 5.75 Å². The van der Waals surface area contributed by atoms with E-state index in [-0.39, 0.29) is 24.6 Å². The number of aryl methyl sites for hydroxylation is 1. The number of para-hydroxylation sites is 1. The van der Waals surface area contributed by atoms with E-state index in [1.807, 2.05) is 37.3 Å². The van der Waals surface area contributed by atoms with Gasteiger partial charge in [0.25, 0.3) is 0 Å². The van der Waals surface area contributed by atoms with Gasteiger partial charge in [-0.25, -0.2) is 21.6 Å². The van der Waals surface area contributed by atoms with Crippen molar-refractivity contribution >= 4 is 36.9 Å². The first-order valence-electron chi connectivity index (χ1n) is 10.7. The van der Waals surface area contributed by atoms with Crippen LogP contribution in [0.4, 0.5) is 0 Å². The maximum Gasteiger partial charge on any atom is 0.309 e. The summed E-state index contributed by atoms with van der Waals surface area (Å²) in [6.07, 6.45) is 0.956. The molecule has 1 aromatic heterocycles. The van der Waals surface area contributed by atoms with Crippen LogP contribution in [0.3, 0.4) is 0 Å². The molecule has 0 saturated carbocycles. The topological polar surface area (TPSA) is 143 Å². The van der Waals surface area contributed by atoms with Crippen molar-refractivity contribution in [3.05, 3.63) is 65.9 Å². The fourth-order valence-electron chi connectivity index (χ4n) is 4.07. The smallest absolute Gasteiger partial charge is 0.309 e. The number of aliphatic carboxylic acids is 1. The number of hydrogen-bond acceptors (Lipinski definition) is 7. The highest BCUT2D eigenvalue weighted by atomic mass is 32.2. The molecule has 35 heavy (non-hydrogen) atoms. The molecule has 3 aromatic rings. The van der Waals surface area contributed by atoms with E-state index >= 15 is 0 Å². The van der Waals surface area contributed by atoms with Crippen molar-refractivity contribution in [1.29, 1.82) is 0 Å². The van der Waals surface area contributed by atoms with Gasteiger partial charge in [0.2, 0.25) is 20.0 Å². The number of sulfonamides is 2. The van der Waals surface area contributed by atoms with Gasteiger partial charge in [-0.05, 0) is 43.3 Å². The van der Waals surface area contributed by atoms with E-state index in [4.69, 9.17) is 4.74 Å². The molecule has 0 aliphatic carbocycles. The third kappa shape index (κ3) is 5.61. The Morgan fingerprint density at radius 2 is 1.80 bits per heavy atom. The number of ether oxygens (including phenoxy) is 1. The molecule has 2 heterocycles. The second kappa shape index (κ2) is 9.53. The molecule has 2 N–H and O–H groups in total. The summed E-state index contributed by atoms with van der Waals surface area (Å²) in [5.74, 6) is -2.01. The Hall–Kier alpha value is -3.06. The number of carboxylic acids is 1. The standard InChI is InChI=1S/C23H25N3O7S2/c1-15-11-16(19-5-3-4-6-21(19)24-15)14-33-17-7-9-18(10-8-17)35(31,32)25-22-13-26(34(2,29)30)12-20(22)23(27)28/h3-11,20,22,25H,12-14H2,1-2H3,(H,27,28)/t20-,22+/m0/s1. The van der Waals surface area contributed by atoms with Crippen LogP contribution < -0.4 is 9.46 Å². The minimum Gasteiger partial charge on any atom is -0.489 e. The predicted molar refractivity (Wildman–Crippen MR) is 129 cm³/mol. The van der Waals surface area contributed by atoms with Gasteiger partial charge in [0.15, 0.2) is 0 Å². The average Bonchev–Trinajstić information content (AvgIpc) is 3.21. The normalized spacial score (nSPS) is 19.1. The number of rotatable bonds is 8. The van der Waals surface area contributed by atoms with Gasteiger partial charge in [-0.2, -0.15) is 4.31 Å². The van der Waals surface area contributed by atoms with Gasteiger partial charge in [0.05, 0.1) is 28.6 Å². The van der Waals surface area contributed by atoms with Crippen LogP contribution in [0, 0.1) is 12.8 Å². The zero-order valence-corrected chi connectivity index (χ0v) is 20.7. The summed E-state index contributed by atoms with van der Waals surface area (Å²) in [7, 11) is -7.75. The summed E-state index contributed by atoms with van der Waals surface area (Å²) in [5, 5.41) is 10.4. The number of carboxylic acid groups (broad SMARTS) is 1. The Bertz CT molecular complexity index is 1470. The van der Waals surface area contributed by atoms with E-state index in [1.165, 1.54) is 24.3 Å². The fourth-order valence-corrected chi connectivity index (χ4v) is 6.20. The van der Waals surface area contributed by atoms with E-state index in [0.29, 0.717) is 5.75 Å². The number of nitrogens with one attached hydrogen (secondary N) is 1. The van der Waals surface area contributed by atoms with Crippen LogP contribution in [0.2, 0.25) is 0 Å². The van der Waals surface area contributed by atoms with Crippen molar-refractivity contribution in [3.8, 4) is 5.75 Å². The van der Waals surface area contributed by atoms with Crippen LogP contribution in [0.1, 0.15) is 11.3 Å². The Balaban J connectivity index is 1.47. The molecule has 2 atom stereocenters. The lowest BCUT2D eigenvalue weighted by molar-refractivity contribution is -0.141. The van der Waals surface area contributed by atoms with Gasteiger partial charge in [0, 0.05) is 29.7 Å². The van der Waals surface area contributed by atoms with Gasteiger partial charge in [0.1, 0.15) is 12.4 Å². The number of carbonyl (C=O) groups is 1. The highest BCUT2D eigenvalue weighted by Gasteiger charge is 2.43. The first kappa shape index (κ1) is 25.0. The van der Waals surface area contributed by atoms with E-state index in [2.05, 4.69) is 9.71 Å². The minimum atomic E-state index is -4.10. The molecule has 12 heteroatoms. The largest absolute Gasteiger partial charge is 0.489 e. The molecule has 0 unspecified atom stereocenters. The van der Waals surface area contributed by atoms with Crippen molar-refractivity contribution < 1.29 is 31.5 Å². The summed E-state index contributed by atoms with van der Waals surface area (Å²) in [4.78, 5) is 16.0. The van der Waals surface area contributed by atoms with Crippen LogP contribution >= 0.6 is 0 Å². The molecule has 186 valence electrons. The average molecular weight is 520 g/mol. The lowest BCUT2D eigenvalue weighted by atomic mass is 10.1. The van der Waals surface area contributed by atoms with Crippen molar-refractivity contribution in [2.24, 2.45) is 5.92 Å². The minimum absolute atomic E-state index is 0.0861. The van der Waals surface area contributed by atoms with E-state index < -0.39 is 38.0 Å². The lowest BCUT2D eigenvalue weighted by Gasteiger charge is -2.17. The molecule has 1 fully saturated rings. The van der Waals surface area contributed by atoms with E-state index in [1.54, 1.807) is 0 Å². The van der Waals surface area contributed by atoms with Crippen LogP contribution in [-0.4, -0.2) is 62.6 Å². The maximum absolute atomic E-state index is 12.9. The molecule has 0 bridgehead atoms. The predicted octanol–water partition coefficient (Wildman–Crippen LogP) is 1.75. The zero-order chi connectivity index (χ0) is 25.4. The summed E-state index contributed by atoms with van der Waals surface area (Å²) < 4.78 is 58.5. The van der Waals surface area contributed by atoms with Crippen LogP contribution in [-0.2, 0) is 31.4 Å². The number of nitrogens with zero attached hydrogens (tertiary/aromatic N) is 2. The molecular weight excluding hydrogens is 494 g/mol. The highest BCUT2D eigenvalue weighted by Crippen LogP contribution is 2.24. The number of benzene rings is 2. The summed E-state index contributed by atoms with van der Waals surface area (Å²) in [6.45, 7) is 1.61. The fraction of sp³-hybridized carbons (Fsp3) is 0.304. The third-order valence-corrected chi connectivity index (χ3v) is 8.58. The number of pyridine rings is 1. The van der Waals surface area contributed by atoms with Crippen molar-refractivity contribution in [3.63, 3.8) is 0 Å². The molecular formula is C23H25N3O7S2. The van der Waals surface area contributed by atoms with Gasteiger partial charge >= 0.3 is 5.97 Å². The second-order valence-electron chi connectivity index (χ2n) is 8.45. The molecule has 0 spiro atoms. The maximum atomic E-state index is 12.9. The summed E-state index contributed by atoms with van der Waals surface area (Å²) >= 11 is 0. The van der Waals surface area contributed by atoms with Crippen molar-refractivity contribution in [1.82, 2.24) is 14.0 Å². The first-order valence-corrected chi connectivity index (χ1v) is 14.1. The van der Waals surface area contributed by atoms with Gasteiger partial charge in [-0.3, -0.25) is 9.78 Å². The number of aromatic nitrogens is 1. The first-order chi connectivity index (χ1) is 16.4. The molecule has 10 nitrogen and oxygen atoms in total. The number of hydrogen-bond donors (Lipinski definition) is 2. The van der Waals surface area contributed by atoms with Gasteiger partial charge < -0.3 is 9.84 Å². The van der Waals surface area contributed by atoms with Crippen LogP contribution in [0.15, 0.2) is 59.5 Å². The summed E-state index contributed by atoms with van der Waals surface area (Å²) in [5.41, 5.74) is 2.67. The van der Waals surface area contributed by atoms with Gasteiger partial charge in [-0.1, -0.05) is 18.2 Å². The summed E-state index contributed by atoms with van der Waals surface area (Å²) in [6, 6.07) is 14.3. The third-order valence-electron chi connectivity index (χ3n) is 5.84. The Morgan fingerprint density at radius 1 is 1.11 bits per heavy atom. The second-order valence-corrected chi connectivity index (χ2v) is 12.1. The van der Waals surface area contributed by atoms with E-state index in [0.717, 1.165) is 32.7 Å². The monoisotopic (exact) mass is 519 g/mol. The van der Waals surface area contributed by atoms with E-state index in [9.17, 15) is 26.7 Å². The van der Waals surface area contributed by atoms with Crippen LogP contribution in [0.25, 0.3) is 10.9 Å². The quantitative estimate of drug-likeness (QED) is 0.458. The zero-order valence-electron chi connectivity index (χ0n) is 19.1. The molecule has 1 aliphatic heterocycles. The molecule has 2 aromatic carbocycles. The molecule has 4 rings (SSSR count). The molecule has 0 radical (unpaired) electrons. The Morgan fingerprint density at radius 3 is 2.46 bits per heavy atom.